The van der Waals surface area contributed by atoms with Crippen LogP contribution in [0.5, 0.6) is 0 Å². The van der Waals surface area contributed by atoms with E-state index in [9.17, 15) is 9.59 Å². The van der Waals surface area contributed by atoms with Crippen LogP contribution in [0.25, 0.3) is 10.8 Å². The minimum Gasteiger partial charge on any atom is -0.357 e. The molecule has 0 bridgehead atoms. The van der Waals surface area contributed by atoms with E-state index < -0.39 is 11.8 Å². The number of hydrogen-bond donors (Lipinski definition) is 3. The number of hydrogen-bond acceptors (Lipinski definition) is 6. The number of nitrogens with zero attached hydrogens (tertiary/aromatic N) is 3. The Morgan fingerprint density at radius 3 is 2.59 bits per heavy atom. The van der Waals surface area contributed by atoms with Gasteiger partial charge in [0.25, 0.3) is 11.8 Å². The summed E-state index contributed by atoms with van der Waals surface area (Å²) in [4.78, 5) is 38.6. The first-order valence-electron chi connectivity index (χ1n) is 6.21. The van der Waals surface area contributed by atoms with Gasteiger partial charge in [-0.2, -0.15) is 0 Å². The van der Waals surface area contributed by atoms with Gasteiger partial charge in [-0.3, -0.25) is 20.4 Å². The highest BCUT2D eigenvalue weighted by Gasteiger charge is 2.14. The first-order valence-corrected chi connectivity index (χ1v) is 7.09. The van der Waals surface area contributed by atoms with Gasteiger partial charge in [-0.1, -0.05) is 0 Å². The molecule has 3 heterocycles. The molecule has 0 unspecified atom stereocenters. The Morgan fingerprint density at radius 2 is 1.86 bits per heavy atom. The molecule has 0 fully saturated rings. The van der Waals surface area contributed by atoms with Gasteiger partial charge in [-0.15, -0.1) is 11.3 Å². The van der Waals surface area contributed by atoms with E-state index in [4.69, 9.17) is 0 Å². The summed E-state index contributed by atoms with van der Waals surface area (Å²) < 4.78 is 0. The third kappa shape index (κ3) is 2.99. The van der Waals surface area contributed by atoms with Gasteiger partial charge in [0.15, 0.2) is 10.8 Å². The molecule has 3 rings (SSSR count). The molecule has 8 nitrogen and oxygen atoms in total. The third-order valence-corrected chi connectivity index (χ3v) is 3.46. The van der Waals surface area contributed by atoms with Gasteiger partial charge in [0, 0.05) is 24.0 Å². The summed E-state index contributed by atoms with van der Waals surface area (Å²) in [5, 5.41) is 2.10. The molecule has 3 aromatic rings. The zero-order valence-corrected chi connectivity index (χ0v) is 11.9. The van der Waals surface area contributed by atoms with E-state index >= 15 is 0 Å². The summed E-state index contributed by atoms with van der Waals surface area (Å²) in [6.45, 7) is 0. The van der Waals surface area contributed by atoms with Crippen molar-refractivity contribution in [2.45, 2.75) is 0 Å². The molecule has 0 aliphatic rings. The lowest BCUT2D eigenvalue weighted by atomic mass is 10.4. The summed E-state index contributed by atoms with van der Waals surface area (Å²) in [5.41, 5.74) is 5.12. The Morgan fingerprint density at radius 1 is 1.09 bits per heavy atom. The van der Waals surface area contributed by atoms with Crippen LogP contribution in [-0.4, -0.2) is 31.8 Å². The van der Waals surface area contributed by atoms with E-state index in [1.165, 1.54) is 11.3 Å². The average molecular weight is 314 g/mol. The van der Waals surface area contributed by atoms with Crippen LogP contribution in [0.4, 0.5) is 0 Å². The molecular formula is C13H10N6O2S. The highest BCUT2D eigenvalue weighted by Crippen LogP contribution is 2.19. The highest BCUT2D eigenvalue weighted by molar-refractivity contribution is 7.13. The molecule has 110 valence electrons. The zero-order valence-electron chi connectivity index (χ0n) is 11.1. The van der Waals surface area contributed by atoms with E-state index in [0.717, 1.165) is 0 Å². The van der Waals surface area contributed by atoms with Crippen molar-refractivity contribution in [1.82, 2.24) is 30.8 Å². The van der Waals surface area contributed by atoms with Crippen molar-refractivity contribution < 1.29 is 9.59 Å². The molecule has 9 heteroatoms. The van der Waals surface area contributed by atoms with Crippen molar-refractivity contribution in [2.75, 3.05) is 0 Å². The Bertz CT molecular complexity index is 784. The van der Waals surface area contributed by atoms with Gasteiger partial charge in [-0.05, 0) is 18.2 Å². The second-order valence-electron chi connectivity index (χ2n) is 4.10. The number of H-pyrrole nitrogens is 1. The van der Waals surface area contributed by atoms with Gasteiger partial charge in [0.1, 0.15) is 11.4 Å². The van der Waals surface area contributed by atoms with Crippen LogP contribution in [0.15, 0.2) is 42.2 Å². The number of carbonyl (C=O) groups excluding carboxylic acids is 2. The molecule has 0 atom stereocenters. The van der Waals surface area contributed by atoms with Crippen LogP contribution in [0, 0.1) is 0 Å². The predicted octanol–water partition coefficient (Wildman–Crippen LogP) is 1.00. The average Bonchev–Trinajstić information content (AvgIpc) is 3.24. The first kappa shape index (κ1) is 13.9. The highest BCUT2D eigenvalue weighted by atomic mass is 32.1. The predicted molar refractivity (Wildman–Crippen MR) is 78.9 cm³/mol. The SMILES string of the molecule is O=C(NNC(=O)c1ccc[nH]1)c1csc(-c2ncccn2)n1. The minimum atomic E-state index is -0.515. The summed E-state index contributed by atoms with van der Waals surface area (Å²) >= 11 is 1.25. The van der Waals surface area contributed by atoms with Crippen molar-refractivity contribution in [1.29, 1.82) is 0 Å². The lowest BCUT2D eigenvalue weighted by molar-refractivity contribution is 0.0842. The molecule has 2 amide bonds. The van der Waals surface area contributed by atoms with Crippen LogP contribution < -0.4 is 10.9 Å². The molecule has 0 saturated heterocycles. The van der Waals surface area contributed by atoms with Gasteiger partial charge in [-0.25, -0.2) is 15.0 Å². The van der Waals surface area contributed by atoms with Crippen LogP contribution in [0.2, 0.25) is 0 Å². The Labute approximate surface area is 128 Å². The fraction of sp³-hybridized carbons (Fsp3) is 0. The monoisotopic (exact) mass is 314 g/mol. The number of hydrazine groups is 1. The molecule has 3 N–H and O–H groups in total. The van der Waals surface area contributed by atoms with E-state index in [1.54, 1.807) is 42.2 Å². The summed E-state index contributed by atoms with van der Waals surface area (Å²) in [6, 6.07) is 4.97. The molecule has 0 radical (unpaired) electrons. The Balaban J connectivity index is 1.64. The molecule has 0 aliphatic carbocycles. The second-order valence-corrected chi connectivity index (χ2v) is 4.96. The maximum Gasteiger partial charge on any atom is 0.289 e. The normalized spacial score (nSPS) is 10.2. The summed E-state index contributed by atoms with van der Waals surface area (Å²) in [7, 11) is 0. The van der Waals surface area contributed by atoms with Crippen LogP contribution >= 0.6 is 11.3 Å². The molecule has 22 heavy (non-hydrogen) atoms. The van der Waals surface area contributed by atoms with E-state index in [1.807, 2.05) is 0 Å². The number of thiazole rings is 1. The largest absolute Gasteiger partial charge is 0.357 e. The number of aromatic nitrogens is 4. The molecule has 0 aliphatic heterocycles. The topological polar surface area (TPSA) is 113 Å². The van der Waals surface area contributed by atoms with Gasteiger partial charge < -0.3 is 4.98 Å². The van der Waals surface area contributed by atoms with Crippen LogP contribution in [0.1, 0.15) is 21.0 Å². The fourth-order valence-electron chi connectivity index (χ4n) is 1.61. The van der Waals surface area contributed by atoms with E-state index in [2.05, 4.69) is 30.8 Å². The number of aromatic amines is 1. The molecular weight excluding hydrogens is 304 g/mol. The van der Waals surface area contributed by atoms with Crippen molar-refractivity contribution in [3.63, 3.8) is 0 Å². The number of nitrogens with one attached hydrogen (secondary N) is 3. The lowest BCUT2D eigenvalue weighted by Crippen LogP contribution is -2.41. The second kappa shape index (κ2) is 6.14. The van der Waals surface area contributed by atoms with Crippen molar-refractivity contribution in [3.05, 3.63) is 53.6 Å². The van der Waals surface area contributed by atoms with Crippen molar-refractivity contribution in [2.24, 2.45) is 0 Å². The van der Waals surface area contributed by atoms with Crippen LogP contribution in [0.3, 0.4) is 0 Å². The number of carbonyl (C=O) groups is 2. The smallest absolute Gasteiger partial charge is 0.289 e. The maximum atomic E-state index is 11.9. The quantitative estimate of drug-likeness (QED) is 0.624. The Kier molecular flexibility index (Phi) is 3.88. The minimum absolute atomic E-state index is 0.180. The standard InChI is InChI=1S/C13H10N6O2S/c20-11(8-3-1-4-14-8)18-19-12(21)9-7-22-13(17-9)10-15-5-2-6-16-10/h1-7,14H,(H,18,20)(H,19,21). The van der Waals surface area contributed by atoms with Gasteiger partial charge >= 0.3 is 0 Å². The van der Waals surface area contributed by atoms with E-state index in [0.29, 0.717) is 16.5 Å². The zero-order chi connectivity index (χ0) is 15.4. The molecule has 0 spiro atoms. The van der Waals surface area contributed by atoms with Crippen molar-refractivity contribution in [3.8, 4) is 10.8 Å². The molecule has 0 saturated carbocycles. The lowest BCUT2D eigenvalue weighted by Gasteiger charge is -2.04. The van der Waals surface area contributed by atoms with Gasteiger partial charge in [0.05, 0.1) is 0 Å². The van der Waals surface area contributed by atoms with Gasteiger partial charge in [0.2, 0.25) is 0 Å². The number of rotatable bonds is 3. The first-order chi connectivity index (χ1) is 10.7. The van der Waals surface area contributed by atoms with Crippen molar-refractivity contribution >= 4 is 23.2 Å². The fourth-order valence-corrected chi connectivity index (χ4v) is 2.35. The summed E-state index contributed by atoms with van der Waals surface area (Å²) in [6.07, 6.45) is 4.81. The Hall–Kier alpha value is -3.07. The molecule has 0 aromatic carbocycles. The number of amides is 2. The molecule has 3 aromatic heterocycles. The van der Waals surface area contributed by atoms with Crippen LogP contribution in [-0.2, 0) is 0 Å². The third-order valence-electron chi connectivity index (χ3n) is 2.63. The maximum absolute atomic E-state index is 11.9. The van der Waals surface area contributed by atoms with E-state index in [-0.39, 0.29) is 5.69 Å². The summed E-state index contributed by atoms with van der Waals surface area (Å²) in [5.74, 6) is -0.513.